The van der Waals surface area contributed by atoms with Crippen molar-refractivity contribution < 1.29 is 9.90 Å². The van der Waals surface area contributed by atoms with Gasteiger partial charge in [-0.15, -0.1) is 0 Å². The van der Waals surface area contributed by atoms with Gasteiger partial charge in [-0.2, -0.15) is 5.26 Å². The van der Waals surface area contributed by atoms with Crippen LogP contribution in [0.1, 0.15) is 64.2 Å². The topological polar surface area (TPSA) is 61.1 Å². The third-order valence-electron chi connectivity index (χ3n) is 4.70. The van der Waals surface area contributed by atoms with Gasteiger partial charge in [0.25, 0.3) is 0 Å². The van der Waals surface area contributed by atoms with E-state index in [1.54, 1.807) is 0 Å². The lowest BCUT2D eigenvalue weighted by Crippen LogP contribution is -2.49. The van der Waals surface area contributed by atoms with Crippen LogP contribution >= 0.6 is 0 Å². The van der Waals surface area contributed by atoms with E-state index in [9.17, 15) is 15.2 Å². The van der Waals surface area contributed by atoms with E-state index >= 15 is 0 Å². The fourth-order valence-corrected chi connectivity index (χ4v) is 3.43. The highest BCUT2D eigenvalue weighted by Crippen LogP contribution is 2.49. The van der Waals surface area contributed by atoms with Gasteiger partial charge in [0.1, 0.15) is 5.78 Å². The molecule has 0 saturated heterocycles. The number of nitriles is 1. The van der Waals surface area contributed by atoms with Gasteiger partial charge < -0.3 is 5.11 Å². The van der Waals surface area contributed by atoms with Crippen LogP contribution in [0.3, 0.4) is 0 Å². The van der Waals surface area contributed by atoms with Crippen molar-refractivity contribution in [1.29, 1.82) is 5.26 Å². The Morgan fingerprint density at radius 1 is 1.00 bits per heavy atom. The van der Waals surface area contributed by atoms with Gasteiger partial charge >= 0.3 is 0 Å². The van der Waals surface area contributed by atoms with Crippen molar-refractivity contribution in [3.8, 4) is 6.07 Å². The summed E-state index contributed by atoms with van der Waals surface area (Å²) in [6.45, 7) is 0. The lowest BCUT2D eigenvalue weighted by molar-refractivity contribution is -0.133. The first-order chi connectivity index (χ1) is 8.12. The summed E-state index contributed by atoms with van der Waals surface area (Å²) in [5, 5.41) is 20.4. The van der Waals surface area contributed by atoms with E-state index < -0.39 is 11.0 Å². The van der Waals surface area contributed by atoms with E-state index in [-0.39, 0.29) is 5.78 Å². The van der Waals surface area contributed by atoms with Gasteiger partial charge in [0, 0.05) is 12.8 Å². The van der Waals surface area contributed by atoms with Gasteiger partial charge in [0.2, 0.25) is 0 Å². The molecule has 2 rings (SSSR count). The molecule has 0 aliphatic heterocycles. The number of nitrogens with zero attached hydrogens (tertiary/aromatic N) is 1. The molecule has 0 aromatic heterocycles. The zero-order chi connectivity index (χ0) is 12.4. The standard InChI is InChI=1S/C14H21NO2/c15-11-13(7-3-1-2-4-8-13)14(17)9-5-12(16)6-10-14/h17H,1-10H2. The molecule has 2 aliphatic carbocycles. The van der Waals surface area contributed by atoms with Crippen molar-refractivity contribution in [2.45, 2.75) is 69.8 Å². The lowest BCUT2D eigenvalue weighted by atomic mass is 9.62. The second-order valence-corrected chi connectivity index (χ2v) is 5.68. The Bertz CT molecular complexity index is 325. The number of hydrogen-bond acceptors (Lipinski definition) is 3. The van der Waals surface area contributed by atoms with Gasteiger partial charge in [0.05, 0.1) is 17.1 Å². The number of aliphatic hydroxyl groups is 1. The van der Waals surface area contributed by atoms with E-state index in [0.29, 0.717) is 25.7 Å². The summed E-state index contributed by atoms with van der Waals surface area (Å²) in [6.07, 6.45) is 7.85. The Morgan fingerprint density at radius 3 is 2.00 bits per heavy atom. The van der Waals surface area contributed by atoms with E-state index in [0.717, 1.165) is 25.7 Å². The molecule has 0 amide bonds. The van der Waals surface area contributed by atoms with Crippen molar-refractivity contribution in [3.63, 3.8) is 0 Å². The van der Waals surface area contributed by atoms with Crippen molar-refractivity contribution >= 4 is 5.78 Å². The largest absolute Gasteiger partial charge is 0.388 e. The summed E-state index contributed by atoms with van der Waals surface area (Å²) < 4.78 is 0. The van der Waals surface area contributed by atoms with Crippen LogP contribution in [-0.2, 0) is 4.79 Å². The predicted octanol–water partition coefficient (Wildman–Crippen LogP) is 2.72. The number of carbonyl (C=O) groups is 1. The predicted molar refractivity (Wildman–Crippen MR) is 64.2 cm³/mol. The average molecular weight is 235 g/mol. The van der Waals surface area contributed by atoms with E-state index in [2.05, 4.69) is 6.07 Å². The maximum Gasteiger partial charge on any atom is 0.133 e. The zero-order valence-electron chi connectivity index (χ0n) is 10.4. The fraction of sp³-hybridized carbons (Fsp3) is 0.857. The smallest absolute Gasteiger partial charge is 0.133 e. The van der Waals surface area contributed by atoms with Crippen molar-refractivity contribution in [1.82, 2.24) is 0 Å². The quantitative estimate of drug-likeness (QED) is 0.711. The molecule has 94 valence electrons. The van der Waals surface area contributed by atoms with E-state index in [1.807, 2.05) is 0 Å². The Kier molecular flexibility index (Phi) is 3.53. The van der Waals surface area contributed by atoms with Gasteiger partial charge in [-0.1, -0.05) is 25.7 Å². The number of Topliss-reactive ketones (excluding diaryl/α,β-unsaturated/α-hetero) is 1. The first-order valence-corrected chi connectivity index (χ1v) is 6.77. The highest BCUT2D eigenvalue weighted by Gasteiger charge is 2.51. The first-order valence-electron chi connectivity index (χ1n) is 6.77. The second kappa shape index (κ2) is 4.78. The van der Waals surface area contributed by atoms with Crippen molar-refractivity contribution in [2.75, 3.05) is 0 Å². The molecule has 0 bridgehead atoms. The molecule has 3 heteroatoms. The molecular weight excluding hydrogens is 214 g/mol. The van der Waals surface area contributed by atoms with Crippen LogP contribution in [0.15, 0.2) is 0 Å². The average Bonchev–Trinajstić information content (AvgIpc) is 2.59. The monoisotopic (exact) mass is 235 g/mol. The molecule has 17 heavy (non-hydrogen) atoms. The minimum Gasteiger partial charge on any atom is -0.388 e. The van der Waals surface area contributed by atoms with E-state index in [4.69, 9.17) is 0 Å². The van der Waals surface area contributed by atoms with Crippen molar-refractivity contribution in [2.24, 2.45) is 5.41 Å². The Balaban J connectivity index is 2.21. The zero-order valence-corrected chi connectivity index (χ0v) is 10.4. The third-order valence-corrected chi connectivity index (χ3v) is 4.70. The van der Waals surface area contributed by atoms with Crippen LogP contribution in [0.4, 0.5) is 0 Å². The molecule has 0 radical (unpaired) electrons. The molecule has 0 atom stereocenters. The molecule has 0 aromatic carbocycles. The molecule has 0 heterocycles. The number of carbonyl (C=O) groups excluding carboxylic acids is 1. The molecule has 0 unspecified atom stereocenters. The molecule has 3 nitrogen and oxygen atoms in total. The highest BCUT2D eigenvalue weighted by atomic mass is 16.3. The third kappa shape index (κ3) is 2.24. The SMILES string of the molecule is N#CC1(C2(O)CCC(=O)CC2)CCCCCC1. The normalized spacial score (nSPS) is 28.1. The molecule has 1 N–H and O–H groups in total. The van der Waals surface area contributed by atoms with Crippen LogP contribution < -0.4 is 0 Å². The lowest BCUT2D eigenvalue weighted by Gasteiger charge is -2.44. The second-order valence-electron chi connectivity index (χ2n) is 5.68. The Labute approximate surface area is 103 Å². The molecule has 0 aromatic rings. The molecular formula is C14H21NO2. The van der Waals surface area contributed by atoms with Crippen LogP contribution in [0.5, 0.6) is 0 Å². The Morgan fingerprint density at radius 2 is 1.53 bits per heavy atom. The summed E-state index contributed by atoms with van der Waals surface area (Å²) in [7, 11) is 0. The van der Waals surface area contributed by atoms with E-state index in [1.165, 1.54) is 12.8 Å². The molecule has 2 fully saturated rings. The van der Waals surface area contributed by atoms with Gasteiger partial charge in [0.15, 0.2) is 0 Å². The number of rotatable bonds is 1. The molecule has 2 saturated carbocycles. The highest BCUT2D eigenvalue weighted by molar-refractivity contribution is 5.79. The Hall–Kier alpha value is -0.880. The summed E-state index contributed by atoms with van der Waals surface area (Å²) in [6, 6.07) is 2.42. The summed E-state index contributed by atoms with van der Waals surface area (Å²) in [5.41, 5.74) is -1.51. The first kappa shape index (κ1) is 12.6. The van der Waals surface area contributed by atoms with Crippen LogP contribution in [-0.4, -0.2) is 16.5 Å². The van der Waals surface area contributed by atoms with Gasteiger partial charge in [-0.25, -0.2) is 0 Å². The van der Waals surface area contributed by atoms with Crippen LogP contribution in [0.2, 0.25) is 0 Å². The summed E-state index contributed by atoms with van der Waals surface area (Å²) in [4.78, 5) is 11.3. The maximum atomic E-state index is 11.3. The minimum atomic E-state index is -0.917. The van der Waals surface area contributed by atoms with Crippen molar-refractivity contribution in [3.05, 3.63) is 0 Å². The molecule has 0 spiro atoms. The summed E-state index contributed by atoms with van der Waals surface area (Å²) >= 11 is 0. The van der Waals surface area contributed by atoms with Crippen LogP contribution in [0.25, 0.3) is 0 Å². The van der Waals surface area contributed by atoms with Gasteiger partial charge in [-0.05, 0) is 25.7 Å². The minimum absolute atomic E-state index is 0.233. The fourth-order valence-electron chi connectivity index (χ4n) is 3.43. The molecule has 2 aliphatic rings. The maximum absolute atomic E-state index is 11.3. The summed E-state index contributed by atoms with van der Waals surface area (Å²) in [5.74, 6) is 0.233. The number of hydrogen-bond donors (Lipinski definition) is 1. The number of ketones is 1. The van der Waals surface area contributed by atoms with Crippen LogP contribution in [0, 0.1) is 16.7 Å². The van der Waals surface area contributed by atoms with Gasteiger partial charge in [-0.3, -0.25) is 4.79 Å².